The fraction of sp³-hybridized carbons (Fsp3) is 0.294. The molecule has 0 amide bonds. The minimum absolute atomic E-state index is 0.439. The van der Waals surface area contributed by atoms with Crippen molar-refractivity contribution in [2.45, 2.75) is 5.92 Å². The molecule has 2 unspecified atom stereocenters. The molecule has 0 aromatic heterocycles. The summed E-state index contributed by atoms with van der Waals surface area (Å²) in [5.41, 5.74) is 2.33. The highest BCUT2D eigenvalue weighted by Gasteiger charge is 2.28. The van der Waals surface area contributed by atoms with Crippen molar-refractivity contribution in [1.29, 1.82) is 0 Å². The van der Waals surface area contributed by atoms with Gasteiger partial charge in [-0.25, -0.2) is 0 Å². The van der Waals surface area contributed by atoms with Gasteiger partial charge in [0.15, 0.2) is 0 Å². The van der Waals surface area contributed by atoms with Gasteiger partial charge in [0.1, 0.15) is 0 Å². The highest BCUT2D eigenvalue weighted by molar-refractivity contribution is 6.42. The lowest BCUT2D eigenvalue weighted by Crippen LogP contribution is -2.21. The second kappa shape index (κ2) is 7.10. The lowest BCUT2D eigenvalue weighted by Gasteiger charge is -2.20. The van der Waals surface area contributed by atoms with Crippen LogP contribution >= 0.6 is 34.8 Å². The molecule has 0 radical (unpaired) electrons. The van der Waals surface area contributed by atoms with E-state index in [1.165, 1.54) is 5.56 Å². The third-order valence-corrected chi connectivity index (χ3v) is 5.12. The highest BCUT2D eigenvalue weighted by atomic mass is 35.5. The van der Waals surface area contributed by atoms with E-state index in [1.807, 2.05) is 36.4 Å². The van der Waals surface area contributed by atoms with Gasteiger partial charge < -0.3 is 10.6 Å². The maximum Gasteiger partial charge on any atom is 0.0595 e. The summed E-state index contributed by atoms with van der Waals surface area (Å²) in [5, 5.41) is 8.92. The zero-order valence-electron chi connectivity index (χ0n) is 12.0. The molecule has 116 valence electrons. The normalized spacial score (nSPS) is 21.0. The molecule has 1 heterocycles. The first-order valence-electron chi connectivity index (χ1n) is 7.28. The summed E-state index contributed by atoms with van der Waals surface area (Å²) in [4.78, 5) is 0. The smallest absolute Gasteiger partial charge is 0.0595 e. The lowest BCUT2D eigenvalue weighted by atomic mass is 9.89. The molecule has 5 heteroatoms. The van der Waals surface area contributed by atoms with Crippen LogP contribution in [0.4, 0.5) is 5.69 Å². The number of benzene rings is 2. The third-order valence-electron chi connectivity index (χ3n) is 4.12. The molecule has 2 atom stereocenters. The molecule has 0 spiro atoms. The predicted octanol–water partition coefficient (Wildman–Crippen LogP) is 5.06. The van der Waals surface area contributed by atoms with Crippen molar-refractivity contribution < 1.29 is 0 Å². The maximum absolute atomic E-state index is 6.15. The van der Waals surface area contributed by atoms with Crippen LogP contribution in [0.25, 0.3) is 0 Å². The van der Waals surface area contributed by atoms with Gasteiger partial charge in [-0.2, -0.15) is 0 Å². The molecule has 22 heavy (non-hydrogen) atoms. The SMILES string of the molecule is Clc1ccc(NCC2CNCC2c2ccc(Cl)c(Cl)c2)cc1. The zero-order chi connectivity index (χ0) is 15.5. The summed E-state index contributed by atoms with van der Waals surface area (Å²) >= 11 is 18.1. The van der Waals surface area contributed by atoms with Gasteiger partial charge in [0.2, 0.25) is 0 Å². The fourth-order valence-corrected chi connectivity index (χ4v) is 3.33. The van der Waals surface area contributed by atoms with Crippen LogP contribution in [0, 0.1) is 5.92 Å². The quantitative estimate of drug-likeness (QED) is 0.801. The molecule has 2 aromatic carbocycles. The first kappa shape index (κ1) is 15.9. The first-order valence-corrected chi connectivity index (χ1v) is 8.42. The Balaban J connectivity index is 1.67. The summed E-state index contributed by atoms with van der Waals surface area (Å²) < 4.78 is 0. The molecule has 1 saturated heterocycles. The van der Waals surface area contributed by atoms with Crippen LogP contribution in [0.5, 0.6) is 0 Å². The molecule has 0 aliphatic carbocycles. The van der Waals surface area contributed by atoms with Crippen molar-refractivity contribution in [3.63, 3.8) is 0 Å². The molecule has 1 fully saturated rings. The number of halogens is 3. The summed E-state index contributed by atoms with van der Waals surface area (Å²) in [6.45, 7) is 2.86. The zero-order valence-corrected chi connectivity index (χ0v) is 14.2. The Kier molecular flexibility index (Phi) is 5.14. The van der Waals surface area contributed by atoms with Gasteiger partial charge in [-0.05, 0) is 47.9 Å². The van der Waals surface area contributed by atoms with Gasteiger partial charge in [-0.1, -0.05) is 40.9 Å². The molecule has 1 aliphatic heterocycles. The molecular formula is C17H17Cl3N2. The average Bonchev–Trinajstić information content (AvgIpc) is 2.98. The van der Waals surface area contributed by atoms with Gasteiger partial charge in [0, 0.05) is 36.3 Å². The van der Waals surface area contributed by atoms with Crippen molar-refractivity contribution in [3.8, 4) is 0 Å². The predicted molar refractivity (Wildman–Crippen MR) is 95.5 cm³/mol. The third kappa shape index (κ3) is 3.69. The van der Waals surface area contributed by atoms with Gasteiger partial charge in [-0.3, -0.25) is 0 Å². The lowest BCUT2D eigenvalue weighted by molar-refractivity contribution is 0.546. The van der Waals surface area contributed by atoms with E-state index >= 15 is 0 Å². The van der Waals surface area contributed by atoms with Crippen molar-refractivity contribution in [1.82, 2.24) is 5.32 Å². The second-order valence-electron chi connectivity index (χ2n) is 5.59. The molecular weight excluding hydrogens is 339 g/mol. The summed E-state index contributed by atoms with van der Waals surface area (Å²) in [7, 11) is 0. The Morgan fingerprint density at radius 3 is 2.45 bits per heavy atom. The number of hydrogen-bond acceptors (Lipinski definition) is 2. The Labute approximate surface area is 145 Å². The molecule has 1 aliphatic rings. The highest BCUT2D eigenvalue weighted by Crippen LogP contribution is 2.32. The van der Waals surface area contributed by atoms with Crippen LogP contribution in [-0.2, 0) is 0 Å². The monoisotopic (exact) mass is 354 g/mol. The summed E-state index contributed by atoms with van der Waals surface area (Å²) in [6.07, 6.45) is 0. The van der Waals surface area contributed by atoms with Crippen molar-refractivity contribution in [2.75, 3.05) is 25.0 Å². The van der Waals surface area contributed by atoms with Crippen LogP contribution in [-0.4, -0.2) is 19.6 Å². The van der Waals surface area contributed by atoms with Crippen LogP contribution < -0.4 is 10.6 Å². The summed E-state index contributed by atoms with van der Waals surface area (Å²) in [6, 6.07) is 13.7. The van der Waals surface area contributed by atoms with E-state index in [2.05, 4.69) is 16.7 Å². The number of anilines is 1. The van der Waals surface area contributed by atoms with E-state index in [0.29, 0.717) is 21.9 Å². The fourth-order valence-electron chi connectivity index (χ4n) is 2.90. The number of hydrogen-bond donors (Lipinski definition) is 2. The van der Waals surface area contributed by atoms with Gasteiger partial charge in [0.25, 0.3) is 0 Å². The first-order chi connectivity index (χ1) is 10.6. The molecule has 0 saturated carbocycles. The van der Waals surface area contributed by atoms with E-state index in [-0.39, 0.29) is 0 Å². The Hall–Kier alpha value is -0.930. The number of nitrogens with one attached hydrogen (secondary N) is 2. The Bertz CT molecular complexity index is 643. The van der Waals surface area contributed by atoms with Crippen molar-refractivity contribution in [3.05, 3.63) is 63.1 Å². The van der Waals surface area contributed by atoms with Gasteiger partial charge in [-0.15, -0.1) is 0 Å². The van der Waals surface area contributed by atoms with E-state index in [4.69, 9.17) is 34.8 Å². The van der Waals surface area contributed by atoms with Gasteiger partial charge >= 0.3 is 0 Å². The Morgan fingerprint density at radius 2 is 1.73 bits per heavy atom. The topological polar surface area (TPSA) is 24.1 Å². The van der Waals surface area contributed by atoms with Crippen LogP contribution in [0.3, 0.4) is 0 Å². The average molecular weight is 356 g/mol. The van der Waals surface area contributed by atoms with E-state index in [9.17, 15) is 0 Å². The van der Waals surface area contributed by atoms with E-state index in [0.717, 1.165) is 30.3 Å². The van der Waals surface area contributed by atoms with Crippen molar-refractivity contribution in [2.24, 2.45) is 5.92 Å². The molecule has 0 bridgehead atoms. The van der Waals surface area contributed by atoms with Crippen LogP contribution in [0.2, 0.25) is 15.1 Å². The van der Waals surface area contributed by atoms with Crippen LogP contribution in [0.15, 0.2) is 42.5 Å². The molecule has 2 N–H and O–H groups in total. The Morgan fingerprint density at radius 1 is 0.955 bits per heavy atom. The van der Waals surface area contributed by atoms with Gasteiger partial charge in [0.05, 0.1) is 10.0 Å². The van der Waals surface area contributed by atoms with Crippen LogP contribution in [0.1, 0.15) is 11.5 Å². The minimum Gasteiger partial charge on any atom is -0.385 e. The number of rotatable bonds is 4. The van der Waals surface area contributed by atoms with E-state index in [1.54, 1.807) is 0 Å². The minimum atomic E-state index is 0.439. The molecule has 2 nitrogen and oxygen atoms in total. The summed E-state index contributed by atoms with van der Waals surface area (Å²) in [5.74, 6) is 0.947. The van der Waals surface area contributed by atoms with Crippen molar-refractivity contribution >= 4 is 40.5 Å². The van der Waals surface area contributed by atoms with E-state index < -0.39 is 0 Å². The molecule has 2 aromatic rings. The largest absolute Gasteiger partial charge is 0.385 e. The maximum atomic E-state index is 6.15. The standard InChI is InChI=1S/C17H17Cl3N2/c18-13-2-4-14(5-3-13)22-9-12-8-21-10-15(12)11-1-6-16(19)17(20)7-11/h1-7,12,15,21-22H,8-10H2. The molecule has 3 rings (SSSR count). The second-order valence-corrected chi connectivity index (χ2v) is 6.84.